The van der Waals surface area contributed by atoms with Gasteiger partial charge in [0.1, 0.15) is 0 Å². The zero-order valence-electron chi connectivity index (χ0n) is 21.0. The van der Waals surface area contributed by atoms with Gasteiger partial charge in [0, 0.05) is 18.4 Å². The Kier molecular flexibility index (Phi) is 8.06. The van der Waals surface area contributed by atoms with Crippen LogP contribution >= 0.6 is 7.92 Å². The highest BCUT2D eigenvalue weighted by atomic mass is 31.1. The van der Waals surface area contributed by atoms with E-state index in [0.29, 0.717) is 0 Å². The molecule has 180 valence electrons. The van der Waals surface area contributed by atoms with Gasteiger partial charge in [-0.05, 0) is 53.2 Å². The van der Waals surface area contributed by atoms with Crippen LogP contribution in [0.1, 0.15) is 11.1 Å². The SMILES string of the molecule is CN(/C(=C/C=C(\c1ccccc1)P(c1ccccc1)c1ccccc1)c1ccccc1)c1ccccc1. The van der Waals surface area contributed by atoms with Crippen LogP contribution in [-0.2, 0) is 0 Å². The summed E-state index contributed by atoms with van der Waals surface area (Å²) in [6.07, 6.45) is 4.62. The first-order valence-corrected chi connectivity index (χ1v) is 13.9. The largest absolute Gasteiger partial charge is 0.344 e. The number of allylic oxidation sites excluding steroid dienone is 2. The van der Waals surface area contributed by atoms with Crippen LogP contribution in [0.15, 0.2) is 164 Å². The lowest BCUT2D eigenvalue weighted by Crippen LogP contribution is -2.15. The van der Waals surface area contributed by atoms with Crippen LogP contribution in [-0.4, -0.2) is 7.05 Å². The predicted molar refractivity (Wildman–Crippen MR) is 163 cm³/mol. The van der Waals surface area contributed by atoms with E-state index in [2.05, 4.69) is 176 Å². The summed E-state index contributed by atoms with van der Waals surface area (Å²) in [5.41, 5.74) is 4.73. The number of hydrogen-bond acceptors (Lipinski definition) is 1. The summed E-state index contributed by atoms with van der Waals surface area (Å²) in [7, 11) is 1.37. The molecule has 0 amide bonds. The molecule has 0 radical (unpaired) electrons. The second-order valence-corrected chi connectivity index (χ2v) is 10.9. The predicted octanol–water partition coefficient (Wildman–Crippen LogP) is 8.34. The van der Waals surface area contributed by atoms with Gasteiger partial charge in [0.2, 0.25) is 0 Å². The van der Waals surface area contributed by atoms with Crippen LogP contribution in [0.4, 0.5) is 5.69 Å². The Labute approximate surface area is 221 Å². The number of anilines is 1. The van der Waals surface area contributed by atoms with Gasteiger partial charge >= 0.3 is 0 Å². The van der Waals surface area contributed by atoms with Crippen LogP contribution in [0.25, 0.3) is 11.0 Å². The molecule has 0 aliphatic heterocycles. The van der Waals surface area contributed by atoms with Gasteiger partial charge < -0.3 is 4.90 Å². The second-order valence-electron chi connectivity index (χ2n) is 8.74. The minimum Gasteiger partial charge on any atom is -0.344 e. The van der Waals surface area contributed by atoms with Crippen molar-refractivity contribution < 1.29 is 0 Å². The Morgan fingerprint density at radius 1 is 0.486 bits per heavy atom. The van der Waals surface area contributed by atoms with Gasteiger partial charge in [-0.3, -0.25) is 0 Å². The molecule has 0 fully saturated rings. The lowest BCUT2D eigenvalue weighted by Gasteiger charge is -2.25. The summed E-state index contributed by atoms with van der Waals surface area (Å²) in [6.45, 7) is 0. The van der Waals surface area contributed by atoms with Crippen molar-refractivity contribution in [2.24, 2.45) is 0 Å². The minimum absolute atomic E-state index is 0.766. The van der Waals surface area contributed by atoms with Crippen molar-refractivity contribution in [1.82, 2.24) is 0 Å². The zero-order chi connectivity index (χ0) is 25.3. The highest BCUT2D eigenvalue weighted by Crippen LogP contribution is 2.49. The second kappa shape index (κ2) is 12.2. The molecule has 5 rings (SSSR count). The maximum atomic E-state index is 2.34. The molecule has 37 heavy (non-hydrogen) atoms. The highest BCUT2D eigenvalue weighted by molar-refractivity contribution is 7.82. The van der Waals surface area contributed by atoms with E-state index in [0.717, 1.165) is 11.4 Å². The third-order valence-corrected chi connectivity index (χ3v) is 8.83. The molecule has 1 nitrogen and oxygen atoms in total. The molecule has 0 aliphatic rings. The Morgan fingerprint density at radius 3 is 1.38 bits per heavy atom. The first-order chi connectivity index (χ1) is 18.3. The molecule has 0 unspecified atom stereocenters. The minimum atomic E-state index is -0.766. The Morgan fingerprint density at radius 2 is 0.892 bits per heavy atom. The number of para-hydroxylation sites is 1. The molecule has 0 saturated carbocycles. The molecule has 0 aliphatic carbocycles. The van der Waals surface area contributed by atoms with Crippen molar-refractivity contribution in [3.63, 3.8) is 0 Å². The van der Waals surface area contributed by atoms with Crippen LogP contribution < -0.4 is 15.5 Å². The Balaban J connectivity index is 1.71. The van der Waals surface area contributed by atoms with Crippen molar-refractivity contribution in [3.8, 4) is 0 Å². The molecule has 5 aromatic rings. The fraction of sp³-hybridized carbons (Fsp3) is 0.0286. The Bertz CT molecular complexity index is 1410. The van der Waals surface area contributed by atoms with Crippen LogP contribution in [0.3, 0.4) is 0 Å². The van der Waals surface area contributed by atoms with Crippen molar-refractivity contribution in [2.45, 2.75) is 0 Å². The maximum absolute atomic E-state index is 2.34. The van der Waals surface area contributed by atoms with Gasteiger partial charge in [-0.2, -0.15) is 0 Å². The average Bonchev–Trinajstić information content (AvgIpc) is 2.99. The molecule has 0 saturated heterocycles. The van der Waals surface area contributed by atoms with Crippen molar-refractivity contribution in [1.29, 1.82) is 0 Å². The fourth-order valence-electron chi connectivity index (χ4n) is 4.45. The quantitative estimate of drug-likeness (QED) is 0.154. The average molecular weight is 496 g/mol. The molecule has 0 bridgehead atoms. The number of nitrogens with zero attached hydrogens (tertiary/aromatic N) is 1. The maximum Gasteiger partial charge on any atom is 0.0481 e. The fourth-order valence-corrected chi connectivity index (χ4v) is 6.88. The number of benzene rings is 5. The molecule has 2 heteroatoms. The summed E-state index contributed by atoms with van der Waals surface area (Å²) in [6, 6.07) is 53.8. The Hall–Kier alpha value is -4.19. The molecule has 5 aromatic carbocycles. The molecule has 0 atom stereocenters. The lowest BCUT2D eigenvalue weighted by atomic mass is 10.1. The molecular formula is C35H30NP. The van der Waals surface area contributed by atoms with Crippen molar-refractivity contribution in [2.75, 3.05) is 11.9 Å². The smallest absolute Gasteiger partial charge is 0.0481 e. The van der Waals surface area contributed by atoms with E-state index in [4.69, 9.17) is 0 Å². The summed E-state index contributed by atoms with van der Waals surface area (Å²) in [5, 5.41) is 4.00. The van der Waals surface area contributed by atoms with Crippen LogP contribution in [0.2, 0.25) is 0 Å². The van der Waals surface area contributed by atoms with Gasteiger partial charge in [0.25, 0.3) is 0 Å². The monoisotopic (exact) mass is 495 g/mol. The molecule has 0 heterocycles. The van der Waals surface area contributed by atoms with Gasteiger partial charge in [-0.25, -0.2) is 0 Å². The van der Waals surface area contributed by atoms with Crippen LogP contribution in [0.5, 0.6) is 0 Å². The molecule has 0 spiro atoms. The number of hydrogen-bond donors (Lipinski definition) is 0. The van der Waals surface area contributed by atoms with Crippen LogP contribution in [0, 0.1) is 0 Å². The van der Waals surface area contributed by atoms with Gasteiger partial charge in [-0.15, -0.1) is 0 Å². The van der Waals surface area contributed by atoms with Crippen molar-refractivity contribution >= 4 is 35.2 Å². The van der Waals surface area contributed by atoms with E-state index in [1.54, 1.807) is 0 Å². The standard InChI is InChI=1S/C35H30NP/c1-36(31-21-11-4-12-22-31)34(29-17-7-2-8-18-29)27-28-35(30-19-9-3-10-20-30)37(32-23-13-5-14-24-32)33-25-15-6-16-26-33/h2-28H,1H3/b34-27+,35-28+. The summed E-state index contributed by atoms with van der Waals surface area (Å²) in [4.78, 5) is 2.27. The van der Waals surface area contributed by atoms with E-state index in [-0.39, 0.29) is 0 Å². The van der Waals surface area contributed by atoms with Gasteiger partial charge in [0.05, 0.1) is 0 Å². The third kappa shape index (κ3) is 5.97. The lowest BCUT2D eigenvalue weighted by molar-refractivity contribution is 1.22. The molecule has 0 N–H and O–H groups in total. The van der Waals surface area contributed by atoms with E-state index in [9.17, 15) is 0 Å². The highest BCUT2D eigenvalue weighted by Gasteiger charge is 2.20. The number of rotatable bonds is 8. The summed E-state index contributed by atoms with van der Waals surface area (Å²) < 4.78 is 0. The topological polar surface area (TPSA) is 3.24 Å². The normalized spacial score (nSPS) is 11.9. The van der Waals surface area contributed by atoms with Crippen molar-refractivity contribution in [3.05, 3.63) is 175 Å². The van der Waals surface area contributed by atoms with E-state index in [1.807, 2.05) is 0 Å². The van der Waals surface area contributed by atoms with Gasteiger partial charge in [0.15, 0.2) is 0 Å². The first kappa shape index (κ1) is 24.5. The van der Waals surface area contributed by atoms with E-state index < -0.39 is 7.92 Å². The van der Waals surface area contributed by atoms with E-state index >= 15 is 0 Å². The summed E-state index contributed by atoms with van der Waals surface area (Å²) >= 11 is 0. The van der Waals surface area contributed by atoms with E-state index in [1.165, 1.54) is 27.1 Å². The van der Waals surface area contributed by atoms with Gasteiger partial charge in [-0.1, -0.05) is 146 Å². The zero-order valence-corrected chi connectivity index (χ0v) is 21.9. The molecular weight excluding hydrogens is 465 g/mol. The first-order valence-electron chi connectivity index (χ1n) is 12.5. The third-order valence-electron chi connectivity index (χ3n) is 6.31. The molecule has 0 aromatic heterocycles. The summed E-state index contributed by atoms with van der Waals surface area (Å²) in [5.74, 6) is 0.